The Morgan fingerprint density at radius 1 is 1.26 bits per heavy atom. The number of anilines is 2. The Hall–Kier alpha value is -2.71. The molecule has 1 saturated heterocycles. The number of fused-ring (bicyclic) bond motifs is 1. The number of morpholine rings is 1. The van der Waals surface area contributed by atoms with E-state index in [1.54, 1.807) is 14.0 Å². The Morgan fingerprint density at radius 2 is 2.00 bits per heavy atom. The molecular formula is C19H20N4O3S. The van der Waals surface area contributed by atoms with Crippen LogP contribution in [0.5, 0.6) is 0 Å². The van der Waals surface area contributed by atoms with Gasteiger partial charge in [0.15, 0.2) is 0 Å². The van der Waals surface area contributed by atoms with Gasteiger partial charge in [0.05, 0.1) is 41.2 Å². The van der Waals surface area contributed by atoms with Crippen LogP contribution < -0.4 is 15.8 Å². The van der Waals surface area contributed by atoms with E-state index in [0.29, 0.717) is 33.9 Å². The molecule has 0 aliphatic carbocycles. The maximum Gasteiger partial charge on any atom is 0.266 e. The fourth-order valence-electron chi connectivity index (χ4n) is 3.26. The molecule has 27 heavy (non-hydrogen) atoms. The van der Waals surface area contributed by atoms with Gasteiger partial charge in [-0.15, -0.1) is 11.3 Å². The predicted molar refractivity (Wildman–Crippen MR) is 107 cm³/mol. The van der Waals surface area contributed by atoms with Crippen LogP contribution in [0.4, 0.5) is 11.4 Å². The van der Waals surface area contributed by atoms with E-state index < -0.39 is 0 Å². The molecule has 0 spiro atoms. The van der Waals surface area contributed by atoms with Crippen molar-refractivity contribution < 1.29 is 9.53 Å². The van der Waals surface area contributed by atoms with Gasteiger partial charge in [0.1, 0.15) is 4.83 Å². The first kappa shape index (κ1) is 17.7. The SMILES string of the molecule is Cc1c(C(=O)Nc2ccccc2N2CCOCC2)sc2ncn(C)c(=O)c12. The van der Waals surface area contributed by atoms with E-state index >= 15 is 0 Å². The molecule has 1 fully saturated rings. The van der Waals surface area contributed by atoms with Gasteiger partial charge in [0.25, 0.3) is 11.5 Å². The first-order valence-electron chi connectivity index (χ1n) is 8.74. The Bertz CT molecular complexity index is 1070. The largest absolute Gasteiger partial charge is 0.378 e. The Morgan fingerprint density at radius 3 is 2.78 bits per heavy atom. The van der Waals surface area contributed by atoms with Crippen LogP contribution >= 0.6 is 11.3 Å². The minimum atomic E-state index is -0.224. The van der Waals surface area contributed by atoms with Gasteiger partial charge < -0.3 is 19.5 Å². The second-order valence-electron chi connectivity index (χ2n) is 6.47. The molecule has 0 atom stereocenters. The number of thiophene rings is 1. The van der Waals surface area contributed by atoms with E-state index in [9.17, 15) is 9.59 Å². The average molecular weight is 384 g/mol. The second-order valence-corrected chi connectivity index (χ2v) is 7.47. The lowest BCUT2D eigenvalue weighted by molar-refractivity contribution is 0.103. The van der Waals surface area contributed by atoms with Gasteiger partial charge in [0, 0.05) is 20.1 Å². The molecule has 1 amide bonds. The first-order valence-corrected chi connectivity index (χ1v) is 9.55. The van der Waals surface area contributed by atoms with Crippen molar-refractivity contribution in [2.75, 3.05) is 36.5 Å². The van der Waals surface area contributed by atoms with Gasteiger partial charge in [-0.05, 0) is 24.6 Å². The molecule has 1 N–H and O–H groups in total. The van der Waals surface area contributed by atoms with Crippen molar-refractivity contribution in [3.8, 4) is 0 Å². The minimum Gasteiger partial charge on any atom is -0.378 e. The normalized spacial score (nSPS) is 14.5. The van der Waals surface area contributed by atoms with Crippen molar-refractivity contribution in [2.24, 2.45) is 7.05 Å². The maximum absolute atomic E-state index is 13.0. The van der Waals surface area contributed by atoms with E-state index in [0.717, 1.165) is 24.5 Å². The molecule has 140 valence electrons. The summed E-state index contributed by atoms with van der Waals surface area (Å²) in [6.45, 7) is 4.72. The second kappa shape index (κ2) is 7.13. The summed E-state index contributed by atoms with van der Waals surface area (Å²) in [5.41, 5.74) is 2.26. The Balaban J connectivity index is 1.68. The zero-order valence-corrected chi connectivity index (χ0v) is 16.0. The quantitative estimate of drug-likeness (QED) is 0.750. The van der Waals surface area contributed by atoms with Crippen LogP contribution in [-0.2, 0) is 11.8 Å². The molecule has 4 rings (SSSR count). The van der Waals surface area contributed by atoms with Crippen molar-refractivity contribution in [2.45, 2.75) is 6.92 Å². The zero-order chi connectivity index (χ0) is 19.0. The molecule has 1 aliphatic rings. The molecule has 0 radical (unpaired) electrons. The lowest BCUT2D eigenvalue weighted by Crippen LogP contribution is -2.36. The highest BCUT2D eigenvalue weighted by Crippen LogP contribution is 2.30. The topological polar surface area (TPSA) is 76.5 Å². The fourth-order valence-corrected chi connectivity index (χ4v) is 4.30. The van der Waals surface area contributed by atoms with Crippen LogP contribution in [0.3, 0.4) is 0 Å². The first-order chi connectivity index (χ1) is 13.1. The zero-order valence-electron chi connectivity index (χ0n) is 15.2. The maximum atomic E-state index is 13.0. The number of nitrogens with one attached hydrogen (secondary N) is 1. The Labute approximate surface area is 160 Å². The molecule has 7 nitrogen and oxygen atoms in total. The molecule has 1 aliphatic heterocycles. The van der Waals surface area contributed by atoms with Crippen LogP contribution in [0.15, 0.2) is 35.4 Å². The molecule has 0 bridgehead atoms. The summed E-state index contributed by atoms with van der Waals surface area (Å²) in [6.07, 6.45) is 1.48. The van der Waals surface area contributed by atoms with Crippen LogP contribution in [0.1, 0.15) is 15.2 Å². The smallest absolute Gasteiger partial charge is 0.266 e. The lowest BCUT2D eigenvalue weighted by Gasteiger charge is -2.30. The predicted octanol–water partition coefficient (Wildman–Crippen LogP) is 2.39. The molecule has 3 heterocycles. The minimum absolute atomic E-state index is 0.137. The molecule has 3 aromatic rings. The number of rotatable bonds is 3. The lowest BCUT2D eigenvalue weighted by atomic mass is 10.2. The van der Waals surface area contributed by atoms with Crippen molar-refractivity contribution in [1.29, 1.82) is 0 Å². The number of aromatic nitrogens is 2. The number of para-hydroxylation sites is 2. The van der Waals surface area contributed by atoms with Gasteiger partial charge in [-0.25, -0.2) is 4.98 Å². The number of amides is 1. The highest BCUT2D eigenvalue weighted by molar-refractivity contribution is 7.20. The van der Waals surface area contributed by atoms with Gasteiger partial charge in [-0.1, -0.05) is 12.1 Å². The summed E-state index contributed by atoms with van der Waals surface area (Å²) in [5.74, 6) is -0.224. The molecule has 0 unspecified atom stereocenters. The average Bonchev–Trinajstić information content (AvgIpc) is 3.03. The summed E-state index contributed by atoms with van der Waals surface area (Å²) >= 11 is 1.25. The molecule has 1 aromatic carbocycles. The van der Waals surface area contributed by atoms with E-state index in [2.05, 4.69) is 15.2 Å². The van der Waals surface area contributed by atoms with Crippen molar-refractivity contribution in [3.63, 3.8) is 0 Å². The number of hydrogen-bond acceptors (Lipinski definition) is 6. The van der Waals surface area contributed by atoms with Crippen molar-refractivity contribution in [1.82, 2.24) is 9.55 Å². The van der Waals surface area contributed by atoms with Crippen molar-refractivity contribution >= 4 is 38.8 Å². The summed E-state index contributed by atoms with van der Waals surface area (Å²) in [6, 6.07) is 7.74. The monoisotopic (exact) mass is 384 g/mol. The standard InChI is InChI=1S/C19H20N4O3S/c1-12-15-18(20-11-22(2)19(15)25)27-16(12)17(24)21-13-5-3-4-6-14(13)23-7-9-26-10-8-23/h3-6,11H,7-10H2,1-2H3,(H,21,24). The number of carbonyl (C=O) groups is 1. The van der Waals surface area contributed by atoms with Crippen LogP contribution in [0, 0.1) is 6.92 Å². The van der Waals surface area contributed by atoms with Gasteiger partial charge >= 0.3 is 0 Å². The van der Waals surface area contributed by atoms with Crippen LogP contribution in [0.25, 0.3) is 10.2 Å². The molecule has 0 saturated carbocycles. The van der Waals surface area contributed by atoms with Gasteiger partial charge in [-0.2, -0.15) is 0 Å². The van der Waals surface area contributed by atoms with E-state index in [1.165, 1.54) is 22.2 Å². The third-order valence-electron chi connectivity index (χ3n) is 4.72. The van der Waals surface area contributed by atoms with Gasteiger partial charge in [-0.3, -0.25) is 9.59 Å². The summed E-state index contributed by atoms with van der Waals surface area (Å²) in [7, 11) is 1.66. The van der Waals surface area contributed by atoms with Crippen molar-refractivity contribution in [3.05, 3.63) is 51.4 Å². The van der Waals surface area contributed by atoms with E-state index in [-0.39, 0.29) is 11.5 Å². The number of ether oxygens (including phenoxy) is 1. The highest BCUT2D eigenvalue weighted by atomic mass is 32.1. The summed E-state index contributed by atoms with van der Waals surface area (Å²) in [4.78, 5) is 32.9. The fraction of sp³-hybridized carbons (Fsp3) is 0.316. The number of nitrogens with zero attached hydrogens (tertiary/aromatic N) is 3. The Kier molecular flexibility index (Phi) is 4.67. The summed E-state index contributed by atoms with van der Waals surface area (Å²) in [5, 5.41) is 3.52. The third-order valence-corrected chi connectivity index (χ3v) is 5.92. The summed E-state index contributed by atoms with van der Waals surface area (Å²) < 4.78 is 6.84. The molecule has 8 heteroatoms. The van der Waals surface area contributed by atoms with Crippen LogP contribution in [-0.4, -0.2) is 41.8 Å². The van der Waals surface area contributed by atoms with E-state index in [4.69, 9.17) is 4.74 Å². The molecular weight excluding hydrogens is 364 g/mol. The van der Waals surface area contributed by atoms with E-state index in [1.807, 2.05) is 24.3 Å². The third kappa shape index (κ3) is 3.22. The number of benzene rings is 1. The number of aryl methyl sites for hydroxylation is 2. The highest BCUT2D eigenvalue weighted by Gasteiger charge is 2.21. The van der Waals surface area contributed by atoms with Crippen LogP contribution in [0.2, 0.25) is 0 Å². The number of carbonyl (C=O) groups excluding carboxylic acids is 1. The number of hydrogen-bond donors (Lipinski definition) is 1. The molecule has 2 aromatic heterocycles. The van der Waals surface area contributed by atoms with Gasteiger partial charge in [0.2, 0.25) is 0 Å².